The lowest BCUT2D eigenvalue weighted by Crippen LogP contribution is -2.06. The van der Waals surface area contributed by atoms with Crippen LogP contribution >= 0.6 is 11.6 Å². The van der Waals surface area contributed by atoms with E-state index in [-0.39, 0.29) is 0 Å². The molecule has 0 spiro atoms. The summed E-state index contributed by atoms with van der Waals surface area (Å²) in [5.41, 5.74) is 2.21. The number of ether oxygens (including phenoxy) is 1. The molecule has 1 aliphatic rings. The van der Waals surface area contributed by atoms with Gasteiger partial charge < -0.3 is 9.30 Å². The second-order valence-electron chi connectivity index (χ2n) is 4.88. The number of hydrogen-bond acceptors (Lipinski definition) is 2. The van der Waals surface area contributed by atoms with Crippen molar-refractivity contribution in [2.75, 3.05) is 13.0 Å². The molecule has 3 nitrogen and oxygen atoms in total. The molecule has 4 heteroatoms. The van der Waals surface area contributed by atoms with E-state index in [4.69, 9.17) is 21.3 Å². The zero-order valence-electron chi connectivity index (χ0n) is 10.5. The highest BCUT2D eigenvalue weighted by Gasteiger charge is 2.24. The first-order chi connectivity index (χ1) is 8.81. The molecule has 0 radical (unpaired) electrons. The lowest BCUT2D eigenvalue weighted by molar-refractivity contribution is 0.415. The summed E-state index contributed by atoms with van der Waals surface area (Å²) in [7, 11) is 1.68. The third kappa shape index (κ3) is 2.19. The molecule has 1 heterocycles. The molecule has 3 rings (SSSR count). The van der Waals surface area contributed by atoms with Crippen LogP contribution in [0.2, 0.25) is 0 Å². The third-order valence-electron chi connectivity index (χ3n) is 3.49. The first kappa shape index (κ1) is 11.8. The summed E-state index contributed by atoms with van der Waals surface area (Å²) >= 11 is 5.87. The number of imidazole rings is 1. The van der Waals surface area contributed by atoms with Crippen molar-refractivity contribution in [3.05, 3.63) is 24.0 Å². The largest absolute Gasteiger partial charge is 0.497 e. The lowest BCUT2D eigenvalue weighted by Gasteiger charge is -2.07. The van der Waals surface area contributed by atoms with Crippen LogP contribution in [-0.2, 0) is 13.0 Å². The second kappa shape index (κ2) is 4.81. The summed E-state index contributed by atoms with van der Waals surface area (Å²) in [6, 6.07) is 6.09. The van der Waals surface area contributed by atoms with Crippen molar-refractivity contribution in [2.45, 2.75) is 25.8 Å². The van der Waals surface area contributed by atoms with Gasteiger partial charge in [0.1, 0.15) is 11.6 Å². The summed E-state index contributed by atoms with van der Waals surface area (Å²) in [6.07, 6.45) is 3.51. The van der Waals surface area contributed by atoms with E-state index in [2.05, 4.69) is 10.6 Å². The molecule has 0 aliphatic heterocycles. The van der Waals surface area contributed by atoms with Gasteiger partial charge in [0.05, 0.1) is 18.1 Å². The van der Waals surface area contributed by atoms with E-state index in [1.165, 1.54) is 18.4 Å². The molecule has 0 N–H and O–H groups in total. The maximum atomic E-state index is 5.87. The predicted molar refractivity (Wildman–Crippen MR) is 73.4 cm³/mol. The van der Waals surface area contributed by atoms with Crippen LogP contribution in [-0.4, -0.2) is 22.5 Å². The van der Waals surface area contributed by atoms with Crippen molar-refractivity contribution in [3.63, 3.8) is 0 Å². The molecule has 1 aromatic heterocycles. The molecule has 96 valence electrons. The molecular formula is C14H17ClN2O. The van der Waals surface area contributed by atoms with Crippen LogP contribution in [0, 0.1) is 5.92 Å². The number of aryl methyl sites for hydroxylation is 1. The molecule has 18 heavy (non-hydrogen) atoms. The minimum absolute atomic E-state index is 0.616. The third-order valence-corrected chi connectivity index (χ3v) is 3.68. The van der Waals surface area contributed by atoms with Gasteiger partial charge in [-0.05, 0) is 30.9 Å². The summed E-state index contributed by atoms with van der Waals surface area (Å²) in [4.78, 5) is 4.69. The van der Waals surface area contributed by atoms with Crippen molar-refractivity contribution < 1.29 is 4.74 Å². The summed E-state index contributed by atoms with van der Waals surface area (Å²) < 4.78 is 7.58. The van der Waals surface area contributed by atoms with Crippen LogP contribution in [0.5, 0.6) is 5.75 Å². The molecule has 1 saturated carbocycles. The Labute approximate surface area is 112 Å². The second-order valence-corrected chi connectivity index (χ2v) is 5.25. The Morgan fingerprint density at radius 3 is 2.94 bits per heavy atom. The number of rotatable bonds is 5. The summed E-state index contributed by atoms with van der Waals surface area (Å²) in [5.74, 6) is 3.40. The molecular weight excluding hydrogens is 248 g/mol. The van der Waals surface area contributed by atoms with Gasteiger partial charge in [0, 0.05) is 24.9 Å². The Hall–Kier alpha value is -1.22. The van der Waals surface area contributed by atoms with E-state index in [1.807, 2.05) is 12.1 Å². The van der Waals surface area contributed by atoms with Gasteiger partial charge in [-0.1, -0.05) is 0 Å². The molecule has 2 aromatic rings. The number of alkyl halides is 1. The highest BCUT2D eigenvalue weighted by Crippen LogP contribution is 2.33. The minimum atomic E-state index is 0.616. The molecule has 1 fully saturated rings. The van der Waals surface area contributed by atoms with Gasteiger partial charge >= 0.3 is 0 Å². The Kier molecular flexibility index (Phi) is 3.16. The fourth-order valence-corrected chi connectivity index (χ4v) is 2.49. The number of nitrogens with zero attached hydrogens (tertiary/aromatic N) is 2. The van der Waals surface area contributed by atoms with Crippen LogP contribution in [0.4, 0.5) is 0 Å². The molecule has 0 atom stereocenters. The SMILES string of the molecule is COc1ccc2c(c1)nc(CCCl)n2CC1CC1. The average molecular weight is 265 g/mol. The highest BCUT2D eigenvalue weighted by atomic mass is 35.5. The Morgan fingerprint density at radius 2 is 2.28 bits per heavy atom. The Balaban J connectivity index is 2.05. The normalized spacial score (nSPS) is 15.2. The molecule has 0 amide bonds. The molecule has 0 unspecified atom stereocenters. The first-order valence-electron chi connectivity index (χ1n) is 6.41. The van der Waals surface area contributed by atoms with Crippen LogP contribution in [0.25, 0.3) is 11.0 Å². The fraction of sp³-hybridized carbons (Fsp3) is 0.500. The van der Waals surface area contributed by atoms with Gasteiger partial charge in [0.15, 0.2) is 0 Å². The van der Waals surface area contributed by atoms with Crippen molar-refractivity contribution in [1.29, 1.82) is 0 Å². The van der Waals surface area contributed by atoms with Crippen molar-refractivity contribution in [1.82, 2.24) is 9.55 Å². The first-order valence-corrected chi connectivity index (χ1v) is 6.94. The standard InChI is InChI=1S/C14H17ClN2O/c1-18-11-4-5-13-12(8-11)16-14(6-7-15)17(13)9-10-2-3-10/h4-5,8,10H,2-3,6-7,9H2,1H3. The van der Waals surface area contributed by atoms with E-state index >= 15 is 0 Å². The van der Waals surface area contributed by atoms with E-state index in [1.54, 1.807) is 7.11 Å². The lowest BCUT2D eigenvalue weighted by atomic mass is 10.3. The molecule has 1 aliphatic carbocycles. The summed E-state index contributed by atoms with van der Waals surface area (Å²) in [6.45, 7) is 1.08. The van der Waals surface area contributed by atoms with E-state index in [9.17, 15) is 0 Å². The van der Waals surface area contributed by atoms with Crippen molar-refractivity contribution in [2.24, 2.45) is 5.92 Å². The van der Waals surface area contributed by atoms with Crippen molar-refractivity contribution in [3.8, 4) is 5.75 Å². The number of methoxy groups -OCH3 is 1. The maximum absolute atomic E-state index is 5.87. The monoisotopic (exact) mass is 264 g/mol. The Morgan fingerprint density at radius 1 is 1.44 bits per heavy atom. The zero-order chi connectivity index (χ0) is 12.5. The quantitative estimate of drug-likeness (QED) is 0.776. The van der Waals surface area contributed by atoms with E-state index in [0.29, 0.717) is 5.88 Å². The van der Waals surface area contributed by atoms with Gasteiger partial charge in [-0.25, -0.2) is 4.98 Å². The van der Waals surface area contributed by atoms with Gasteiger partial charge in [-0.2, -0.15) is 0 Å². The fourth-order valence-electron chi connectivity index (χ4n) is 2.32. The number of halogens is 1. The summed E-state index contributed by atoms with van der Waals surface area (Å²) in [5, 5.41) is 0. The number of aromatic nitrogens is 2. The maximum Gasteiger partial charge on any atom is 0.121 e. The van der Waals surface area contributed by atoms with Crippen LogP contribution in [0.15, 0.2) is 18.2 Å². The molecule has 0 saturated heterocycles. The minimum Gasteiger partial charge on any atom is -0.497 e. The van der Waals surface area contributed by atoms with Gasteiger partial charge in [-0.3, -0.25) is 0 Å². The smallest absolute Gasteiger partial charge is 0.121 e. The molecule has 0 bridgehead atoms. The van der Waals surface area contributed by atoms with Gasteiger partial charge in [0.25, 0.3) is 0 Å². The number of benzene rings is 1. The number of hydrogen-bond donors (Lipinski definition) is 0. The van der Waals surface area contributed by atoms with Crippen LogP contribution in [0.3, 0.4) is 0 Å². The zero-order valence-corrected chi connectivity index (χ0v) is 11.3. The van der Waals surface area contributed by atoms with E-state index < -0.39 is 0 Å². The Bertz CT molecular complexity index is 560. The topological polar surface area (TPSA) is 27.1 Å². The van der Waals surface area contributed by atoms with E-state index in [0.717, 1.165) is 36.0 Å². The van der Waals surface area contributed by atoms with Gasteiger partial charge in [0.2, 0.25) is 0 Å². The number of fused-ring (bicyclic) bond motifs is 1. The molecule has 1 aromatic carbocycles. The van der Waals surface area contributed by atoms with Crippen LogP contribution in [0.1, 0.15) is 18.7 Å². The van der Waals surface area contributed by atoms with Crippen LogP contribution < -0.4 is 4.74 Å². The average Bonchev–Trinajstić information content (AvgIpc) is 3.13. The highest BCUT2D eigenvalue weighted by molar-refractivity contribution is 6.17. The predicted octanol–water partition coefficient (Wildman–Crippen LogP) is 3.24. The van der Waals surface area contributed by atoms with Crippen molar-refractivity contribution >= 4 is 22.6 Å². The van der Waals surface area contributed by atoms with Gasteiger partial charge in [-0.15, -0.1) is 11.6 Å².